The van der Waals surface area contributed by atoms with Crippen LogP contribution in [0, 0.1) is 6.92 Å². The van der Waals surface area contributed by atoms with Crippen LogP contribution < -0.4 is 0 Å². The molecule has 0 unspecified atom stereocenters. The number of aromatic nitrogens is 2. The van der Waals surface area contributed by atoms with Gasteiger partial charge in [0.1, 0.15) is 12.2 Å². The van der Waals surface area contributed by atoms with Crippen molar-refractivity contribution in [3.05, 3.63) is 17.2 Å². The number of aromatic amines is 1. The molecule has 12 heavy (non-hydrogen) atoms. The minimum absolute atomic E-state index is 0.0269. The van der Waals surface area contributed by atoms with E-state index in [2.05, 4.69) is 9.97 Å². The summed E-state index contributed by atoms with van der Waals surface area (Å²) in [6.45, 7) is 3.89. The van der Waals surface area contributed by atoms with E-state index in [1.54, 1.807) is 0 Å². The van der Waals surface area contributed by atoms with Crippen molar-refractivity contribution in [1.29, 1.82) is 0 Å². The highest BCUT2D eigenvalue weighted by Gasteiger charge is 2.07. The quantitative estimate of drug-likeness (QED) is 0.704. The van der Waals surface area contributed by atoms with Crippen molar-refractivity contribution in [2.75, 3.05) is 0 Å². The number of H-pyrrole nitrogens is 1. The molecule has 0 saturated heterocycles. The highest BCUT2D eigenvalue weighted by molar-refractivity contribution is 5.69. The fourth-order valence-corrected chi connectivity index (χ4v) is 1.13. The summed E-state index contributed by atoms with van der Waals surface area (Å²) in [5, 5.41) is 8.48. The van der Waals surface area contributed by atoms with Gasteiger partial charge in [0.2, 0.25) is 0 Å². The van der Waals surface area contributed by atoms with Gasteiger partial charge in [-0.05, 0) is 13.3 Å². The van der Waals surface area contributed by atoms with Crippen molar-refractivity contribution in [3.63, 3.8) is 0 Å². The number of aryl methyl sites for hydroxylation is 2. The van der Waals surface area contributed by atoms with E-state index in [0.717, 1.165) is 17.8 Å². The summed E-state index contributed by atoms with van der Waals surface area (Å²) in [5.74, 6) is -0.316. The van der Waals surface area contributed by atoms with Gasteiger partial charge in [-0.2, -0.15) is 0 Å². The number of hydrogen-bond donors (Lipinski definition) is 2. The van der Waals surface area contributed by atoms with E-state index in [1.807, 2.05) is 13.8 Å². The molecule has 0 radical (unpaired) electrons. The van der Waals surface area contributed by atoms with Crippen LogP contribution in [0.25, 0.3) is 0 Å². The van der Waals surface area contributed by atoms with Crippen LogP contribution in [-0.2, 0) is 17.6 Å². The maximum atomic E-state index is 10.3. The van der Waals surface area contributed by atoms with Gasteiger partial charge in [-0.3, -0.25) is 4.79 Å². The molecule has 0 aliphatic carbocycles. The van der Waals surface area contributed by atoms with E-state index in [9.17, 15) is 4.79 Å². The molecule has 1 aromatic heterocycles. The first-order chi connectivity index (χ1) is 5.63. The average Bonchev–Trinajstić information content (AvgIpc) is 2.29. The first kappa shape index (κ1) is 8.77. The summed E-state index contributed by atoms with van der Waals surface area (Å²) >= 11 is 0. The van der Waals surface area contributed by atoms with Crippen LogP contribution >= 0.6 is 0 Å². The molecule has 2 N–H and O–H groups in total. The lowest BCUT2D eigenvalue weighted by molar-refractivity contribution is -0.136. The van der Waals surface area contributed by atoms with Crippen molar-refractivity contribution in [1.82, 2.24) is 9.97 Å². The Labute approximate surface area is 70.6 Å². The van der Waals surface area contributed by atoms with Gasteiger partial charge in [0, 0.05) is 5.69 Å². The van der Waals surface area contributed by atoms with Crippen molar-refractivity contribution >= 4 is 5.97 Å². The number of aliphatic carboxylic acids is 1. The SMILES string of the molecule is CCc1nc(CC(=O)O)[nH]c1C. The second-order valence-corrected chi connectivity index (χ2v) is 2.68. The van der Waals surface area contributed by atoms with E-state index in [4.69, 9.17) is 5.11 Å². The van der Waals surface area contributed by atoms with Gasteiger partial charge in [0.15, 0.2) is 0 Å². The molecule has 66 valence electrons. The summed E-state index contributed by atoms with van der Waals surface area (Å²) in [4.78, 5) is 17.4. The minimum Gasteiger partial charge on any atom is -0.481 e. The number of hydrogen-bond acceptors (Lipinski definition) is 2. The third-order valence-electron chi connectivity index (χ3n) is 1.69. The zero-order valence-electron chi connectivity index (χ0n) is 7.22. The molecule has 0 saturated carbocycles. The molecule has 0 aliphatic heterocycles. The highest BCUT2D eigenvalue weighted by Crippen LogP contribution is 2.05. The van der Waals surface area contributed by atoms with Gasteiger partial charge in [-0.25, -0.2) is 4.98 Å². The molecule has 1 aromatic rings. The molecular weight excluding hydrogens is 156 g/mol. The van der Waals surface area contributed by atoms with E-state index >= 15 is 0 Å². The van der Waals surface area contributed by atoms with Crippen molar-refractivity contribution < 1.29 is 9.90 Å². The summed E-state index contributed by atoms with van der Waals surface area (Å²) in [6.07, 6.45) is 0.808. The minimum atomic E-state index is -0.855. The van der Waals surface area contributed by atoms with E-state index in [0.29, 0.717) is 5.82 Å². The zero-order chi connectivity index (χ0) is 9.14. The summed E-state index contributed by atoms with van der Waals surface area (Å²) in [6, 6.07) is 0. The van der Waals surface area contributed by atoms with E-state index in [1.165, 1.54) is 0 Å². The lowest BCUT2D eigenvalue weighted by atomic mass is 10.3. The van der Waals surface area contributed by atoms with Crippen LogP contribution in [-0.4, -0.2) is 21.0 Å². The Kier molecular flexibility index (Phi) is 2.47. The monoisotopic (exact) mass is 168 g/mol. The van der Waals surface area contributed by atoms with Gasteiger partial charge in [0.25, 0.3) is 0 Å². The van der Waals surface area contributed by atoms with Gasteiger partial charge in [-0.15, -0.1) is 0 Å². The first-order valence-corrected chi connectivity index (χ1v) is 3.89. The molecule has 0 spiro atoms. The van der Waals surface area contributed by atoms with Crippen LogP contribution in [0.1, 0.15) is 24.1 Å². The Hall–Kier alpha value is -1.32. The summed E-state index contributed by atoms with van der Waals surface area (Å²) < 4.78 is 0. The topological polar surface area (TPSA) is 66.0 Å². The predicted octanol–water partition coefficient (Wildman–Crippen LogP) is 0.908. The fraction of sp³-hybridized carbons (Fsp3) is 0.500. The standard InChI is InChI=1S/C8H12N2O2/c1-3-6-5(2)9-7(10-6)4-8(11)12/h3-4H2,1-2H3,(H,9,10)(H,11,12). The number of rotatable bonds is 3. The van der Waals surface area contributed by atoms with E-state index < -0.39 is 5.97 Å². The fourth-order valence-electron chi connectivity index (χ4n) is 1.13. The van der Waals surface area contributed by atoms with Gasteiger partial charge in [-0.1, -0.05) is 6.92 Å². The predicted molar refractivity (Wildman–Crippen MR) is 44.0 cm³/mol. The average molecular weight is 168 g/mol. The molecule has 4 nitrogen and oxygen atoms in total. The third-order valence-corrected chi connectivity index (χ3v) is 1.69. The van der Waals surface area contributed by atoms with Crippen LogP contribution in [0.4, 0.5) is 0 Å². The Morgan fingerprint density at radius 1 is 1.67 bits per heavy atom. The Balaban J connectivity index is 2.82. The second-order valence-electron chi connectivity index (χ2n) is 2.68. The van der Waals surface area contributed by atoms with Gasteiger partial charge < -0.3 is 10.1 Å². The summed E-state index contributed by atoms with van der Waals surface area (Å²) in [7, 11) is 0. The maximum Gasteiger partial charge on any atom is 0.311 e. The molecule has 1 heterocycles. The van der Waals surface area contributed by atoms with Crippen LogP contribution in [0.3, 0.4) is 0 Å². The number of carbonyl (C=O) groups is 1. The van der Waals surface area contributed by atoms with Crippen molar-refractivity contribution in [2.24, 2.45) is 0 Å². The smallest absolute Gasteiger partial charge is 0.311 e. The molecule has 4 heteroatoms. The normalized spacial score (nSPS) is 10.2. The largest absolute Gasteiger partial charge is 0.481 e. The number of carboxylic acid groups (broad SMARTS) is 1. The Bertz CT molecular complexity index is 291. The lowest BCUT2D eigenvalue weighted by Gasteiger charge is -1.87. The molecule has 0 aliphatic rings. The Morgan fingerprint density at radius 3 is 2.75 bits per heavy atom. The van der Waals surface area contributed by atoms with Gasteiger partial charge in [0.05, 0.1) is 5.69 Å². The third kappa shape index (κ3) is 1.84. The molecule has 0 aromatic carbocycles. The van der Waals surface area contributed by atoms with Crippen molar-refractivity contribution in [3.8, 4) is 0 Å². The molecule has 0 fully saturated rings. The van der Waals surface area contributed by atoms with Crippen LogP contribution in [0.15, 0.2) is 0 Å². The molecule has 0 bridgehead atoms. The Morgan fingerprint density at radius 2 is 2.33 bits per heavy atom. The first-order valence-electron chi connectivity index (χ1n) is 3.89. The van der Waals surface area contributed by atoms with E-state index in [-0.39, 0.29) is 6.42 Å². The number of nitrogens with one attached hydrogen (secondary N) is 1. The van der Waals surface area contributed by atoms with Crippen LogP contribution in [0.5, 0.6) is 0 Å². The molecule has 0 amide bonds. The molecule has 1 rings (SSSR count). The van der Waals surface area contributed by atoms with Crippen molar-refractivity contribution in [2.45, 2.75) is 26.7 Å². The number of carboxylic acids is 1. The molecular formula is C8H12N2O2. The van der Waals surface area contributed by atoms with Gasteiger partial charge >= 0.3 is 5.97 Å². The lowest BCUT2D eigenvalue weighted by Crippen LogP contribution is -2.01. The maximum absolute atomic E-state index is 10.3. The highest BCUT2D eigenvalue weighted by atomic mass is 16.4. The molecule has 0 atom stereocenters. The number of imidazole rings is 1. The number of nitrogens with zero attached hydrogens (tertiary/aromatic N) is 1. The second kappa shape index (κ2) is 3.38. The summed E-state index contributed by atoms with van der Waals surface area (Å²) in [5.41, 5.74) is 1.92. The zero-order valence-corrected chi connectivity index (χ0v) is 7.22. The van der Waals surface area contributed by atoms with Crippen LogP contribution in [0.2, 0.25) is 0 Å².